The number of pyridine rings is 1. The highest BCUT2D eigenvalue weighted by Gasteiger charge is 2.17. The summed E-state index contributed by atoms with van der Waals surface area (Å²) in [5.74, 6) is 0. The van der Waals surface area contributed by atoms with Crippen LogP contribution in [0.2, 0.25) is 0 Å². The van der Waals surface area contributed by atoms with E-state index in [9.17, 15) is 8.78 Å². The fourth-order valence-corrected chi connectivity index (χ4v) is 1.77. The van der Waals surface area contributed by atoms with Crippen molar-refractivity contribution in [3.63, 3.8) is 0 Å². The maximum Gasteiger partial charge on any atom is 0.280 e. The molecule has 0 aliphatic heterocycles. The van der Waals surface area contributed by atoms with Crippen LogP contribution >= 0.6 is 0 Å². The van der Waals surface area contributed by atoms with Gasteiger partial charge in [-0.25, -0.2) is 8.78 Å². The molecule has 0 saturated carbocycles. The molecule has 0 fully saturated rings. The molecule has 1 aromatic carbocycles. The lowest BCUT2D eigenvalue weighted by Crippen LogP contribution is -1.97. The van der Waals surface area contributed by atoms with Gasteiger partial charge in [0, 0.05) is 17.4 Å². The lowest BCUT2D eigenvalue weighted by molar-refractivity contribution is 0.146. The number of nitrogens with zero attached hydrogens (tertiary/aromatic N) is 1. The summed E-state index contributed by atoms with van der Waals surface area (Å²) < 4.78 is 25.8. The first kappa shape index (κ1) is 11.5. The Hall–Kier alpha value is -1.97. The summed E-state index contributed by atoms with van der Waals surface area (Å²) in [6.45, 7) is 1.79. The molecule has 0 bridgehead atoms. The molecule has 0 aliphatic rings. The summed E-state index contributed by atoms with van der Waals surface area (Å²) in [5.41, 5.74) is 7.97. The van der Waals surface area contributed by atoms with Gasteiger partial charge in [0.2, 0.25) is 0 Å². The van der Waals surface area contributed by atoms with Gasteiger partial charge >= 0.3 is 0 Å². The summed E-state index contributed by atoms with van der Waals surface area (Å²) >= 11 is 0. The topological polar surface area (TPSA) is 38.9 Å². The van der Waals surface area contributed by atoms with E-state index in [1.807, 2.05) is 0 Å². The number of alkyl halides is 2. The van der Waals surface area contributed by atoms with E-state index in [-0.39, 0.29) is 5.69 Å². The number of halogens is 2. The molecule has 88 valence electrons. The highest BCUT2D eigenvalue weighted by Crippen LogP contribution is 2.32. The van der Waals surface area contributed by atoms with E-state index in [1.165, 1.54) is 6.20 Å². The van der Waals surface area contributed by atoms with E-state index in [0.717, 1.165) is 5.56 Å². The number of benzene rings is 1. The van der Waals surface area contributed by atoms with Crippen LogP contribution in [0, 0.1) is 6.92 Å². The Morgan fingerprint density at radius 1 is 1.12 bits per heavy atom. The average Bonchev–Trinajstić information content (AvgIpc) is 2.30. The van der Waals surface area contributed by atoms with Gasteiger partial charge in [-0.15, -0.1) is 0 Å². The maximum atomic E-state index is 12.9. The van der Waals surface area contributed by atoms with Crippen LogP contribution < -0.4 is 5.73 Å². The summed E-state index contributed by atoms with van der Waals surface area (Å²) in [4.78, 5) is 3.76. The second-order valence-corrected chi connectivity index (χ2v) is 3.81. The van der Waals surface area contributed by atoms with Crippen molar-refractivity contribution in [1.29, 1.82) is 0 Å². The molecule has 0 atom stereocenters. The minimum atomic E-state index is -2.58. The zero-order valence-electron chi connectivity index (χ0n) is 9.32. The predicted octanol–water partition coefficient (Wildman–Crippen LogP) is 3.58. The normalized spacial score (nSPS) is 10.8. The first-order valence-electron chi connectivity index (χ1n) is 5.19. The number of hydrogen-bond donors (Lipinski definition) is 1. The molecule has 1 aromatic heterocycles. The quantitative estimate of drug-likeness (QED) is 0.806. The zero-order valence-corrected chi connectivity index (χ0v) is 9.32. The molecule has 1 heterocycles. The van der Waals surface area contributed by atoms with E-state index < -0.39 is 6.43 Å². The summed E-state index contributed by atoms with van der Waals surface area (Å²) in [7, 11) is 0. The molecule has 0 aliphatic carbocycles. The van der Waals surface area contributed by atoms with Gasteiger partial charge in [-0.1, -0.05) is 12.1 Å². The second kappa shape index (κ2) is 4.49. The Balaban J connectivity index is 2.61. The molecular weight excluding hydrogens is 222 g/mol. The fraction of sp³-hybridized carbons (Fsp3) is 0.154. The Kier molecular flexibility index (Phi) is 3.04. The highest BCUT2D eigenvalue weighted by molar-refractivity contribution is 5.71. The number of aromatic nitrogens is 1. The van der Waals surface area contributed by atoms with Gasteiger partial charge in [-0.05, 0) is 36.2 Å². The predicted molar refractivity (Wildman–Crippen MR) is 63.8 cm³/mol. The summed E-state index contributed by atoms with van der Waals surface area (Å²) in [6, 6.07) is 8.56. The van der Waals surface area contributed by atoms with Crippen LogP contribution in [0.25, 0.3) is 11.1 Å². The van der Waals surface area contributed by atoms with Gasteiger partial charge < -0.3 is 5.73 Å². The lowest BCUT2D eigenvalue weighted by Gasteiger charge is -2.11. The highest BCUT2D eigenvalue weighted by atomic mass is 19.3. The van der Waals surface area contributed by atoms with Crippen LogP contribution in [-0.4, -0.2) is 4.98 Å². The van der Waals surface area contributed by atoms with Crippen molar-refractivity contribution in [2.75, 3.05) is 5.73 Å². The minimum absolute atomic E-state index is 0.185. The number of rotatable bonds is 2. The van der Waals surface area contributed by atoms with Crippen molar-refractivity contribution in [1.82, 2.24) is 4.98 Å². The SMILES string of the molecule is Cc1ccnc(C(F)F)c1-c1ccc(N)cc1. The number of hydrogen-bond acceptors (Lipinski definition) is 2. The van der Waals surface area contributed by atoms with Crippen LogP contribution in [0.1, 0.15) is 17.7 Å². The molecule has 2 rings (SSSR count). The van der Waals surface area contributed by atoms with Gasteiger partial charge in [-0.3, -0.25) is 4.98 Å². The van der Waals surface area contributed by atoms with Crippen molar-refractivity contribution in [2.45, 2.75) is 13.3 Å². The third-order valence-electron chi connectivity index (χ3n) is 2.59. The molecule has 17 heavy (non-hydrogen) atoms. The van der Waals surface area contributed by atoms with E-state index >= 15 is 0 Å². The van der Waals surface area contributed by atoms with Gasteiger partial charge in [0.05, 0.1) is 0 Å². The third kappa shape index (κ3) is 2.25. The van der Waals surface area contributed by atoms with E-state index in [0.29, 0.717) is 16.8 Å². The van der Waals surface area contributed by atoms with Gasteiger partial charge in [0.15, 0.2) is 0 Å². The van der Waals surface area contributed by atoms with Crippen LogP contribution in [0.3, 0.4) is 0 Å². The van der Waals surface area contributed by atoms with Crippen molar-refractivity contribution in [3.05, 3.63) is 47.8 Å². The van der Waals surface area contributed by atoms with E-state index in [2.05, 4.69) is 4.98 Å². The molecule has 0 spiro atoms. The Labute approximate surface area is 98.1 Å². The van der Waals surface area contributed by atoms with Crippen LogP contribution in [-0.2, 0) is 0 Å². The molecule has 0 unspecified atom stereocenters. The van der Waals surface area contributed by atoms with Crippen molar-refractivity contribution >= 4 is 5.69 Å². The Morgan fingerprint density at radius 2 is 1.76 bits per heavy atom. The van der Waals surface area contributed by atoms with E-state index in [1.54, 1.807) is 37.3 Å². The molecule has 0 radical (unpaired) electrons. The van der Waals surface area contributed by atoms with Gasteiger partial charge in [0.1, 0.15) is 5.69 Å². The standard InChI is InChI=1S/C13H12F2N2/c1-8-6-7-17-12(13(14)15)11(8)9-2-4-10(16)5-3-9/h2-7,13H,16H2,1H3. The van der Waals surface area contributed by atoms with Gasteiger partial charge in [0.25, 0.3) is 6.43 Å². The molecule has 2 nitrogen and oxygen atoms in total. The monoisotopic (exact) mass is 234 g/mol. The summed E-state index contributed by atoms with van der Waals surface area (Å²) in [5, 5.41) is 0. The van der Waals surface area contributed by atoms with Gasteiger partial charge in [-0.2, -0.15) is 0 Å². The van der Waals surface area contributed by atoms with Crippen molar-refractivity contribution in [2.24, 2.45) is 0 Å². The van der Waals surface area contributed by atoms with Crippen LogP contribution in [0.15, 0.2) is 36.5 Å². The Bertz CT molecular complexity index is 521. The van der Waals surface area contributed by atoms with Crippen LogP contribution in [0.4, 0.5) is 14.5 Å². The van der Waals surface area contributed by atoms with Crippen LogP contribution in [0.5, 0.6) is 0 Å². The largest absolute Gasteiger partial charge is 0.399 e. The molecule has 4 heteroatoms. The number of anilines is 1. The number of nitrogens with two attached hydrogens (primary N) is 1. The molecule has 2 N–H and O–H groups in total. The smallest absolute Gasteiger partial charge is 0.280 e. The molecule has 0 saturated heterocycles. The average molecular weight is 234 g/mol. The first-order valence-corrected chi connectivity index (χ1v) is 5.19. The maximum absolute atomic E-state index is 12.9. The summed E-state index contributed by atoms with van der Waals surface area (Å²) in [6.07, 6.45) is -1.18. The third-order valence-corrected chi connectivity index (χ3v) is 2.59. The number of nitrogen functional groups attached to an aromatic ring is 1. The Morgan fingerprint density at radius 3 is 2.35 bits per heavy atom. The minimum Gasteiger partial charge on any atom is -0.399 e. The molecule has 2 aromatic rings. The fourth-order valence-electron chi connectivity index (χ4n) is 1.77. The first-order chi connectivity index (χ1) is 8.09. The van der Waals surface area contributed by atoms with Crippen molar-refractivity contribution < 1.29 is 8.78 Å². The van der Waals surface area contributed by atoms with E-state index in [4.69, 9.17) is 5.73 Å². The molecule has 0 amide bonds. The second-order valence-electron chi connectivity index (χ2n) is 3.81. The van der Waals surface area contributed by atoms with Crippen molar-refractivity contribution in [3.8, 4) is 11.1 Å². The lowest BCUT2D eigenvalue weighted by atomic mass is 9.99. The zero-order chi connectivity index (χ0) is 12.4. The number of aryl methyl sites for hydroxylation is 1. The molecular formula is C13H12F2N2.